The van der Waals surface area contributed by atoms with Crippen molar-refractivity contribution in [3.63, 3.8) is 0 Å². The number of phosphoric acid groups is 1. The average Bonchev–Trinajstić information content (AvgIpc) is 3.32. The Morgan fingerprint density at radius 2 is 0.771 bits per heavy atom. The summed E-state index contributed by atoms with van der Waals surface area (Å²) in [7, 11) is 1.18. The van der Waals surface area contributed by atoms with E-state index in [2.05, 4.69) is 38.2 Å². The van der Waals surface area contributed by atoms with Gasteiger partial charge in [0, 0.05) is 12.8 Å². The summed E-state index contributed by atoms with van der Waals surface area (Å²) in [6.45, 7) is 4.26. The SMILES string of the molecule is CCCCCCC/C=C\C/C=C\CCCCCCCCCCCCCCCCCCCCCCCCCC(=O)OC(COC(=O)CCCCCCCCCCCCC)COP(=O)([O-])OCC[N+](C)(C)C. The molecule has 0 aromatic rings. The highest BCUT2D eigenvalue weighted by molar-refractivity contribution is 7.45. The molecule has 0 rings (SSSR count). The number of unbranched alkanes of at least 4 members (excludes halogenated alkanes) is 38. The van der Waals surface area contributed by atoms with E-state index in [-0.39, 0.29) is 32.0 Å². The highest BCUT2D eigenvalue weighted by Gasteiger charge is 2.22. The van der Waals surface area contributed by atoms with Gasteiger partial charge in [0.05, 0.1) is 27.7 Å². The quantitative estimate of drug-likeness (QED) is 0.0195. The van der Waals surface area contributed by atoms with E-state index in [1.165, 1.54) is 225 Å². The standard InChI is InChI=1S/C60H116NO8P/c1-6-8-10-12-14-16-18-19-20-21-22-23-24-25-26-27-28-29-30-31-32-33-34-35-36-37-38-39-40-41-43-45-47-49-51-53-60(63)69-58(57-68-70(64,65)67-55-54-61(3,4)5)56-66-59(62)52-50-48-46-44-42-17-15-13-11-9-7-2/h18-19,21-22,58H,6-17,20,23-57H2,1-5H3/b19-18-,22-21-. The predicted molar refractivity (Wildman–Crippen MR) is 296 cm³/mol. The molecule has 0 saturated carbocycles. The highest BCUT2D eigenvalue weighted by Crippen LogP contribution is 2.38. The molecule has 9 nitrogen and oxygen atoms in total. The zero-order chi connectivity index (χ0) is 51.3. The lowest BCUT2D eigenvalue weighted by atomic mass is 10.0. The molecule has 2 unspecified atom stereocenters. The van der Waals surface area contributed by atoms with Gasteiger partial charge in [-0.1, -0.05) is 263 Å². The summed E-state index contributed by atoms with van der Waals surface area (Å²) in [6.07, 6.45) is 62.6. The van der Waals surface area contributed by atoms with Crippen LogP contribution in [0.25, 0.3) is 0 Å². The Morgan fingerprint density at radius 3 is 1.13 bits per heavy atom. The van der Waals surface area contributed by atoms with Crippen molar-refractivity contribution in [2.24, 2.45) is 0 Å². The molecule has 0 aliphatic carbocycles. The summed E-state index contributed by atoms with van der Waals surface area (Å²) in [4.78, 5) is 37.7. The molecule has 414 valence electrons. The predicted octanol–water partition coefficient (Wildman–Crippen LogP) is 18.0. The minimum absolute atomic E-state index is 0.0269. The maximum atomic E-state index is 12.8. The van der Waals surface area contributed by atoms with E-state index in [4.69, 9.17) is 18.5 Å². The number of nitrogens with zero attached hydrogens (tertiary/aromatic N) is 1. The Bertz CT molecular complexity index is 1240. The zero-order valence-electron chi connectivity index (χ0n) is 47.0. The van der Waals surface area contributed by atoms with Gasteiger partial charge in [0.1, 0.15) is 19.8 Å². The molecule has 0 radical (unpaired) electrons. The molecule has 70 heavy (non-hydrogen) atoms. The van der Waals surface area contributed by atoms with Crippen molar-refractivity contribution in [2.45, 2.75) is 302 Å². The minimum atomic E-state index is -4.62. The van der Waals surface area contributed by atoms with Gasteiger partial charge in [0.15, 0.2) is 6.10 Å². The third-order valence-electron chi connectivity index (χ3n) is 13.5. The van der Waals surface area contributed by atoms with Gasteiger partial charge in [-0.05, 0) is 44.9 Å². The second-order valence-corrected chi connectivity index (χ2v) is 23.1. The largest absolute Gasteiger partial charge is 0.756 e. The van der Waals surface area contributed by atoms with E-state index in [0.29, 0.717) is 17.4 Å². The van der Waals surface area contributed by atoms with Crippen LogP contribution in [0.4, 0.5) is 0 Å². The van der Waals surface area contributed by atoms with E-state index in [0.717, 1.165) is 38.5 Å². The Balaban J connectivity index is 3.90. The molecular formula is C60H116NO8P. The van der Waals surface area contributed by atoms with Gasteiger partial charge in [0.25, 0.3) is 7.82 Å². The smallest absolute Gasteiger partial charge is 0.306 e. The maximum Gasteiger partial charge on any atom is 0.306 e. The molecule has 0 aliphatic heterocycles. The summed E-state index contributed by atoms with van der Waals surface area (Å²) in [6, 6.07) is 0. The van der Waals surface area contributed by atoms with Crippen LogP contribution in [0, 0.1) is 0 Å². The van der Waals surface area contributed by atoms with E-state index >= 15 is 0 Å². The summed E-state index contributed by atoms with van der Waals surface area (Å²) >= 11 is 0. The Hall–Kier alpha value is -1.51. The number of allylic oxidation sites excluding steroid dienone is 4. The fourth-order valence-corrected chi connectivity index (χ4v) is 9.54. The summed E-state index contributed by atoms with van der Waals surface area (Å²) in [5.74, 6) is -0.818. The third kappa shape index (κ3) is 55.8. The zero-order valence-corrected chi connectivity index (χ0v) is 47.9. The number of hydrogen-bond acceptors (Lipinski definition) is 8. The first kappa shape index (κ1) is 68.5. The number of quaternary nitrogens is 1. The first-order chi connectivity index (χ1) is 34.0. The lowest BCUT2D eigenvalue weighted by Crippen LogP contribution is -2.37. The van der Waals surface area contributed by atoms with E-state index in [9.17, 15) is 19.0 Å². The van der Waals surface area contributed by atoms with Crippen molar-refractivity contribution >= 4 is 19.8 Å². The van der Waals surface area contributed by atoms with Crippen molar-refractivity contribution in [1.29, 1.82) is 0 Å². The Morgan fingerprint density at radius 1 is 0.443 bits per heavy atom. The van der Waals surface area contributed by atoms with Crippen LogP contribution >= 0.6 is 7.82 Å². The molecule has 0 bridgehead atoms. The van der Waals surface area contributed by atoms with Gasteiger partial charge in [-0.3, -0.25) is 14.2 Å². The molecule has 10 heteroatoms. The van der Waals surface area contributed by atoms with Crippen molar-refractivity contribution in [1.82, 2.24) is 0 Å². The first-order valence-electron chi connectivity index (χ1n) is 30.0. The normalized spacial score (nSPS) is 13.4. The van der Waals surface area contributed by atoms with Crippen LogP contribution in [0.5, 0.6) is 0 Å². The van der Waals surface area contributed by atoms with E-state index in [1.54, 1.807) is 0 Å². The highest BCUT2D eigenvalue weighted by atomic mass is 31.2. The average molecular weight is 1010 g/mol. The lowest BCUT2D eigenvalue weighted by Gasteiger charge is -2.28. The molecule has 0 amide bonds. The van der Waals surface area contributed by atoms with Crippen LogP contribution in [0.2, 0.25) is 0 Å². The number of phosphoric ester groups is 1. The molecule has 2 atom stereocenters. The second kappa shape index (κ2) is 52.4. The molecule has 0 heterocycles. The molecule has 0 aromatic carbocycles. The van der Waals surface area contributed by atoms with Gasteiger partial charge in [-0.2, -0.15) is 0 Å². The van der Waals surface area contributed by atoms with Crippen LogP contribution in [0.1, 0.15) is 296 Å². The number of ether oxygens (including phenoxy) is 2. The van der Waals surface area contributed by atoms with Crippen LogP contribution in [-0.4, -0.2) is 70.0 Å². The van der Waals surface area contributed by atoms with Gasteiger partial charge >= 0.3 is 11.9 Å². The number of esters is 2. The number of likely N-dealkylation sites (N-methyl/N-ethyl adjacent to an activating group) is 1. The molecule has 0 N–H and O–H groups in total. The number of hydrogen-bond donors (Lipinski definition) is 0. The summed E-state index contributed by atoms with van der Waals surface area (Å²) < 4.78 is 34.1. The van der Waals surface area contributed by atoms with Gasteiger partial charge < -0.3 is 27.9 Å². The number of carbonyl (C=O) groups excluding carboxylic acids is 2. The van der Waals surface area contributed by atoms with Crippen molar-refractivity contribution in [3.8, 4) is 0 Å². The van der Waals surface area contributed by atoms with Crippen molar-refractivity contribution in [3.05, 3.63) is 24.3 Å². The van der Waals surface area contributed by atoms with Crippen LogP contribution in [-0.2, 0) is 32.7 Å². The van der Waals surface area contributed by atoms with Crippen molar-refractivity contribution < 1.29 is 42.1 Å². The Labute approximate surface area is 434 Å². The molecule has 0 spiro atoms. The minimum Gasteiger partial charge on any atom is -0.756 e. The first-order valence-corrected chi connectivity index (χ1v) is 31.5. The molecule has 0 aromatic heterocycles. The topological polar surface area (TPSA) is 111 Å². The van der Waals surface area contributed by atoms with Crippen LogP contribution in [0.15, 0.2) is 24.3 Å². The van der Waals surface area contributed by atoms with E-state index in [1.807, 2.05) is 21.1 Å². The van der Waals surface area contributed by atoms with Crippen LogP contribution < -0.4 is 4.89 Å². The maximum absolute atomic E-state index is 12.8. The lowest BCUT2D eigenvalue weighted by molar-refractivity contribution is -0.870. The van der Waals surface area contributed by atoms with Gasteiger partial charge in [-0.25, -0.2) is 0 Å². The fourth-order valence-electron chi connectivity index (χ4n) is 8.81. The summed E-state index contributed by atoms with van der Waals surface area (Å²) in [5, 5.41) is 0. The molecule has 0 saturated heterocycles. The Kier molecular flexibility index (Phi) is 51.2. The number of rotatable bonds is 56. The number of carbonyl (C=O) groups is 2. The molecule has 0 fully saturated rings. The summed E-state index contributed by atoms with van der Waals surface area (Å²) in [5.41, 5.74) is 0. The molecule has 0 aliphatic rings. The fraction of sp³-hybridized carbons (Fsp3) is 0.900. The third-order valence-corrected chi connectivity index (χ3v) is 14.4. The van der Waals surface area contributed by atoms with E-state index < -0.39 is 26.5 Å². The monoisotopic (exact) mass is 1010 g/mol. The van der Waals surface area contributed by atoms with Crippen molar-refractivity contribution in [2.75, 3.05) is 47.5 Å². The van der Waals surface area contributed by atoms with Gasteiger partial charge in [-0.15, -0.1) is 0 Å². The van der Waals surface area contributed by atoms with Gasteiger partial charge in [0.2, 0.25) is 0 Å². The second-order valence-electron chi connectivity index (χ2n) is 21.7. The van der Waals surface area contributed by atoms with Crippen LogP contribution in [0.3, 0.4) is 0 Å². The molecular weight excluding hydrogens is 894 g/mol.